The number of anilines is 1. The number of carbonyl (C=O) groups is 1. The molecular formula is C15H17ClN4O2. The van der Waals surface area contributed by atoms with Gasteiger partial charge in [0.05, 0.1) is 12.6 Å². The zero-order valence-electron chi connectivity index (χ0n) is 12.3. The highest BCUT2D eigenvalue weighted by molar-refractivity contribution is 6.31. The van der Waals surface area contributed by atoms with Crippen molar-refractivity contribution in [3.05, 3.63) is 29.5 Å². The topological polar surface area (TPSA) is 67.3 Å². The van der Waals surface area contributed by atoms with Gasteiger partial charge < -0.3 is 15.0 Å². The van der Waals surface area contributed by atoms with E-state index in [4.69, 9.17) is 16.3 Å². The van der Waals surface area contributed by atoms with Gasteiger partial charge in [-0.25, -0.2) is 14.8 Å². The van der Waals surface area contributed by atoms with Crippen LogP contribution in [0.5, 0.6) is 0 Å². The monoisotopic (exact) mass is 320 g/mol. The van der Waals surface area contributed by atoms with Crippen molar-refractivity contribution < 1.29 is 9.53 Å². The maximum absolute atomic E-state index is 11.5. The quantitative estimate of drug-likeness (QED) is 0.921. The molecule has 22 heavy (non-hydrogen) atoms. The van der Waals surface area contributed by atoms with Gasteiger partial charge in [0, 0.05) is 29.5 Å². The fourth-order valence-corrected chi connectivity index (χ4v) is 2.84. The van der Waals surface area contributed by atoms with Crippen molar-refractivity contribution in [1.82, 2.24) is 14.9 Å². The molecule has 6 nitrogen and oxygen atoms in total. The summed E-state index contributed by atoms with van der Waals surface area (Å²) in [7, 11) is 1.41. The van der Waals surface area contributed by atoms with Crippen LogP contribution in [0.4, 0.5) is 10.6 Å². The van der Waals surface area contributed by atoms with E-state index in [0.717, 1.165) is 29.6 Å². The van der Waals surface area contributed by atoms with Crippen molar-refractivity contribution in [2.24, 2.45) is 0 Å². The number of nitrogens with one attached hydrogen (secondary N) is 1. The van der Waals surface area contributed by atoms with E-state index >= 15 is 0 Å². The minimum atomic E-state index is -0.263. The number of likely N-dealkylation sites (tertiary alicyclic amines) is 1. The summed E-state index contributed by atoms with van der Waals surface area (Å²) in [6, 6.07) is 5.85. The van der Waals surface area contributed by atoms with Gasteiger partial charge >= 0.3 is 6.09 Å². The molecule has 116 valence electrons. The highest BCUT2D eigenvalue weighted by Gasteiger charge is 2.23. The average Bonchev–Trinajstić information content (AvgIpc) is 2.55. The predicted octanol–water partition coefficient (Wildman–Crippen LogP) is 2.93. The smallest absolute Gasteiger partial charge is 0.409 e. The van der Waals surface area contributed by atoms with Gasteiger partial charge in [-0.2, -0.15) is 0 Å². The van der Waals surface area contributed by atoms with Gasteiger partial charge in [0.25, 0.3) is 0 Å². The van der Waals surface area contributed by atoms with Crippen LogP contribution in [-0.2, 0) is 4.74 Å². The molecule has 1 amide bonds. The second kappa shape index (κ2) is 6.36. The molecule has 0 radical (unpaired) electrons. The molecule has 2 aromatic rings. The predicted molar refractivity (Wildman–Crippen MR) is 85.2 cm³/mol. The molecule has 3 rings (SSSR count). The highest BCUT2D eigenvalue weighted by atomic mass is 35.5. The van der Waals surface area contributed by atoms with Gasteiger partial charge in [0.1, 0.15) is 12.1 Å². The molecule has 0 spiro atoms. The largest absolute Gasteiger partial charge is 0.453 e. The van der Waals surface area contributed by atoms with Gasteiger partial charge in [-0.3, -0.25) is 0 Å². The number of rotatable bonds is 2. The summed E-state index contributed by atoms with van der Waals surface area (Å²) in [5, 5.41) is 5.05. The average molecular weight is 321 g/mol. The maximum atomic E-state index is 11.5. The van der Waals surface area contributed by atoms with Crippen LogP contribution in [-0.4, -0.2) is 47.2 Å². The molecule has 7 heteroatoms. The molecule has 1 aromatic heterocycles. The van der Waals surface area contributed by atoms with Crippen molar-refractivity contribution in [3.8, 4) is 0 Å². The van der Waals surface area contributed by atoms with Gasteiger partial charge in [-0.1, -0.05) is 11.6 Å². The Bertz CT molecular complexity index is 686. The van der Waals surface area contributed by atoms with Crippen LogP contribution in [0.2, 0.25) is 5.02 Å². The van der Waals surface area contributed by atoms with E-state index < -0.39 is 0 Å². The van der Waals surface area contributed by atoms with Gasteiger partial charge in [0.15, 0.2) is 0 Å². The molecular weight excluding hydrogens is 304 g/mol. The fourth-order valence-electron chi connectivity index (χ4n) is 2.67. The van der Waals surface area contributed by atoms with Crippen molar-refractivity contribution >= 4 is 34.4 Å². The van der Waals surface area contributed by atoms with Crippen molar-refractivity contribution in [2.45, 2.75) is 18.9 Å². The van der Waals surface area contributed by atoms with E-state index in [-0.39, 0.29) is 12.1 Å². The summed E-state index contributed by atoms with van der Waals surface area (Å²) in [6.45, 7) is 1.36. The van der Waals surface area contributed by atoms with Gasteiger partial charge in [-0.05, 0) is 31.0 Å². The third-order valence-corrected chi connectivity index (χ3v) is 4.10. The number of amides is 1. The van der Waals surface area contributed by atoms with E-state index in [1.807, 2.05) is 18.2 Å². The Morgan fingerprint density at radius 3 is 2.86 bits per heavy atom. The first kappa shape index (κ1) is 14.8. The maximum Gasteiger partial charge on any atom is 0.409 e. The molecule has 1 fully saturated rings. The summed E-state index contributed by atoms with van der Waals surface area (Å²) in [6.07, 6.45) is 2.98. The van der Waals surface area contributed by atoms with Crippen molar-refractivity contribution in [2.75, 3.05) is 25.5 Å². The number of hydrogen-bond donors (Lipinski definition) is 1. The number of carbonyl (C=O) groups excluding carboxylic acids is 1. The van der Waals surface area contributed by atoms with E-state index in [9.17, 15) is 4.79 Å². The number of halogens is 1. The normalized spacial score (nSPS) is 15.8. The number of piperidine rings is 1. The van der Waals surface area contributed by atoms with Crippen LogP contribution in [0.15, 0.2) is 24.5 Å². The van der Waals surface area contributed by atoms with Crippen molar-refractivity contribution in [1.29, 1.82) is 0 Å². The Morgan fingerprint density at radius 2 is 2.14 bits per heavy atom. The van der Waals surface area contributed by atoms with Gasteiger partial charge in [0.2, 0.25) is 0 Å². The number of hydrogen-bond acceptors (Lipinski definition) is 5. The minimum absolute atomic E-state index is 0.263. The van der Waals surface area contributed by atoms with E-state index in [2.05, 4.69) is 15.3 Å². The third-order valence-electron chi connectivity index (χ3n) is 3.87. The first-order valence-electron chi connectivity index (χ1n) is 7.17. The van der Waals surface area contributed by atoms with Gasteiger partial charge in [-0.15, -0.1) is 0 Å². The van der Waals surface area contributed by atoms with Crippen LogP contribution in [0.25, 0.3) is 10.9 Å². The van der Waals surface area contributed by atoms with Crippen LogP contribution >= 0.6 is 11.6 Å². The first-order chi connectivity index (χ1) is 10.7. The fraction of sp³-hybridized carbons (Fsp3) is 0.400. The zero-order valence-corrected chi connectivity index (χ0v) is 13.0. The Kier molecular flexibility index (Phi) is 4.29. The van der Waals surface area contributed by atoms with Crippen LogP contribution in [0, 0.1) is 0 Å². The summed E-state index contributed by atoms with van der Waals surface area (Å²) < 4.78 is 4.75. The summed E-state index contributed by atoms with van der Waals surface area (Å²) in [4.78, 5) is 21.8. The zero-order chi connectivity index (χ0) is 15.5. The number of nitrogens with zero attached hydrogens (tertiary/aromatic N) is 3. The van der Waals surface area contributed by atoms with Crippen molar-refractivity contribution in [3.63, 3.8) is 0 Å². The molecule has 0 bridgehead atoms. The third kappa shape index (κ3) is 3.06. The SMILES string of the molecule is COC(=O)N1CCC(Nc2ncnc3cc(Cl)ccc23)CC1. The Labute approximate surface area is 133 Å². The molecule has 1 aromatic carbocycles. The standard InChI is InChI=1S/C15H17ClN4O2/c1-22-15(21)20-6-4-11(5-7-20)19-14-12-3-2-10(16)8-13(12)17-9-18-14/h2-3,8-9,11H,4-7H2,1H3,(H,17,18,19). The Morgan fingerprint density at radius 1 is 1.36 bits per heavy atom. The lowest BCUT2D eigenvalue weighted by Gasteiger charge is -2.31. The van der Waals surface area contributed by atoms with E-state index in [1.54, 1.807) is 4.90 Å². The number of benzene rings is 1. The first-order valence-corrected chi connectivity index (χ1v) is 7.55. The highest BCUT2D eigenvalue weighted by Crippen LogP contribution is 2.24. The van der Waals surface area contributed by atoms with Crippen LogP contribution in [0.3, 0.4) is 0 Å². The summed E-state index contributed by atoms with van der Waals surface area (Å²) >= 11 is 5.99. The molecule has 1 saturated heterocycles. The molecule has 0 aliphatic carbocycles. The van der Waals surface area contributed by atoms with E-state index in [0.29, 0.717) is 18.1 Å². The molecule has 0 unspecified atom stereocenters. The lowest BCUT2D eigenvalue weighted by molar-refractivity contribution is 0.113. The molecule has 1 aliphatic rings. The van der Waals surface area contributed by atoms with Crippen LogP contribution in [0.1, 0.15) is 12.8 Å². The Balaban J connectivity index is 1.71. The Hall–Kier alpha value is -2.08. The minimum Gasteiger partial charge on any atom is -0.453 e. The number of ether oxygens (including phenoxy) is 1. The number of fused-ring (bicyclic) bond motifs is 1. The molecule has 2 heterocycles. The second-order valence-electron chi connectivity index (χ2n) is 5.26. The number of methoxy groups -OCH3 is 1. The molecule has 0 saturated carbocycles. The van der Waals surface area contributed by atoms with E-state index in [1.165, 1.54) is 13.4 Å². The number of aromatic nitrogens is 2. The second-order valence-corrected chi connectivity index (χ2v) is 5.70. The summed E-state index contributed by atoms with van der Waals surface area (Å²) in [5.74, 6) is 0.804. The lowest BCUT2D eigenvalue weighted by Crippen LogP contribution is -2.42. The van der Waals surface area contributed by atoms with Crippen LogP contribution < -0.4 is 5.32 Å². The molecule has 0 atom stereocenters. The lowest BCUT2D eigenvalue weighted by atomic mass is 10.1. The summed E-state index contributed by atoms with van der Waals surface area (Å²) in [5.41, 5.74) is 0.817. The molecule has 1 aliphatic heterocycles. The molecule has 1 N–H and O–H groups in total.